The Kier molecular flexibility index (Phi) is 3.92. The van der Waals surface area contributed by atoms with E-state index in [0.29, 0.717) is 5.56 Å². The smallest absolute Gasteiger partial charge is 0.261 e. The molecule has 0 saturated carbocycles. The molecule has 1 aromatic carbocycles. The lowest BCUT2D eigenvalue weighted by atomic mass is 9.96. The highest BCUT2D eigenvalue weighted by molar-refractivity contribution is 8.13. The summed E-state index contributed by atoms with van der Waals surface area (Å²) in [6.07, 6.45) is 6.55. The number of nitrogens with zero attached hydrogens (tertiary/aromatic N) is 2. The summed E-state index contributed by atoms with van der Waals surface area (Å²) in [5.41, 5.74) is 2.94. The molecule has 3 aromatic rings. The second-order valence-electron chi connectivity index (χ2n) is 4.59. The lowest BCUT2D eigenvalue weighted by molar-refractivity contribution is 0.610. The molecule has 0 spiro atoms. The summed E-state index contributed by atoms with van der Waals surface area (Å²) >= 11 is 0. The van der Waals surface area contributed by atoms with E-state index in [4.69, 9.17) is 10.7 Å². The molecule has 0 N–H and O–H groups in total. The Bertz CT molecular complexity index is 898. The van der Waals surface area contributed by atoms with E-state index < -0.39 is 9.05 Å². The first-order chi connectivity index (χ1) is 10.6. The maximum Gasteiger partial charge on any atom is 0.261 e. The number of pyridine rings is 2. The van der Waals surface area contributed by atoms with Crippen LogP contribution in [-0.2, 0) is 9.05 Å². The van der Waals surface area contributed by atoms with E-state index >= 15 is 0 Å². The fourth-order valence-corrected chi connectivity index (χ4v) is 3.42. The second kappa shape index (κ2) is 5.87. The van der Waals surface area contributed by atoms with E-state index in [1.165, 1.54) is 6.07 Å². The minimum absolute atomic E-state index is 0.0784. The summed E-state index contributed by atoms with van der Waals surface area (Å²) in [6, 6.07) is 12.2. The van der Waals surface area contributed by atoms with Crippen LogP contribution in [0.4, 0.5) is 0 Å². The average molecular weight is 331 g/mol. The van der Waals surface area contributed by atoms with E-state index in [2.05, 4.69) is 9.97 Å². The molecule has 0 aliphatic carbocycles. The lowest BCUT2D eigenvalue weighted by Gasteiger charge is -2.13. The topological polar surface area (TPSA) is 59.9 Å². The molecule has 2 aromatic heterocycles. The van der Waals surface area contributed by atoms with Crippen LogP contribution in [0.5, 0.6) is 0 Å². The van der Waals surface area contributed by atoms with Gasteiger partial charge in [0.15, 0.2) is 0 Å². The van der Waals surface area contributed by atoms with Crippen LogP contribution in [0.15, 0.2) is 72.1 Å². The highest BCUT2D eigenvalue weighted by atomic mass is 35.7. The van der Waals surface area contributed by atoms with Crippen molar-refractivity contribution in [2.24, 2.45) is 0 Å². The molecular weight excluding hydrogens is 320 g/mol. The van der Waals surface area contributed by atoms with Crippen molar-refractivity contribution in [3.05, 3.63) is 67.3 Å². The van der Waals surface area contributed by atoms with Gasteiger partial charge in [-0.15, -0.1) is 0 Å². The van der Waals surface area contributed by atoms with Crippen molar-refractivity contribution in [1.29, 1.82) is 0 Å². The van der Waals surface area contributed by atoms with Gasteiger partial charge in [-0.25, -0.2) is 8.42 Å². The second-order valence-corrected chi connectivity index (χ2v) is 7.12. The fraction of sp³-hybridized carbons (Fsp3) is 0. The van der Waals surface area contributed by atoms with Crippen LogP contribution in [0.2, 0.25) is 0 Å². The molecule has 0 radical (unpaired) electrons. The molecule has 2 heterocycles. The van der Waals surface area contributed by atoms with Gasteiger partial charge >= 0.3 is 0 Å². The molecule has 0 amide bonds. The third kappa shape index (κ3) is 2.86. The molecular formula is C16H11ClN2O2S. The van der Waals surface area contributed by atoms with Gasteiger partial charge < -0.3 is 0 Å². The van der Waals surface area contributed by atoms with Gasteiger partial charge in [-0.1, -0.05) is 12.1 Å². The highest BCUT2D eigenvalue weighted by Crippen LogP contribution is 2.37. The van der Waals surface area contributed by atoms with E-state index in [0.717, 1.165) is 16.7 Å². The lowest BCUT2D eigenvalue weighted by Crippen LogP contribution is -1.97. The third-order valence-electron chi connectivity index (χ3n) is 3.25. The minimum Gasteiger partial charge on any atom is -0.265 e. The van der Waals surface area contributed by atoms with E-state index in [9.17, 15) is 8.42 Å². The molecule has 0 unspecified atom stereocenters. The Morgan fingerprint density at radius 2 is 1.32 bits per heavy atom. The number of halogens is 1. The first kappa shape index (κ1) is 14.7. The maximum absolute atomic E-state index is 11.9. The number of benzene rings is 1. The Morgan fingerprint density at radius 1 is 0.773 bits per heavy atom. The van der Waals surface area contributed by atoms with Crippen molar-refractivity contribution in [2.75, 3.05) is 0 Å². The highest BCUT2D eigenvalue weighted by Gasteiger charge is 2.20. The van der Waals surface area contributed by atoms with Crippen LogP contribution in [-0.4, -0.2) is 18.4 Å². The standard InChI is InChI=1S/C16H11ClN2O2S/c17-22(20,21)15-3-1-2-14(12-4-8-18-9-5-12)16(15)13-6-10-19-11-7-13/h1-11H. The van der Waals surface area contributed by atoms with Gasteiger partial charge in [-0.2, -0.15) is 0 Å². The van der Waals surface area contributed by atoms with Crippen LogP contribution in [0.3, 0.4) is 0 Å². The normalized spacial score (nSPS) is 11.3. The van der Waals surface area contributed by atoms with Crippen molar-refractivity contribution in [2.45, 2.75) is 4.90 Å². The molecule has 110 valence electrons. The molecule has 4 nitrogen and oxygen atoms in total. The Hall–Kier alpha value is -2.24. The molecule has 22 heavy (non-hydrogen) atoms. The van der Waals surface area contributed by atoms with Crippen LogP contribution < -0.4 is 0 Å². The summed E-state index contributed by atoms with van der Waals surface area (Å²) in [6.45, 7) is 0. The zero-order valence-electron chi connectivity index (χ0n) is 11.3. The average Bonchev–Trinajstić information content (AvgIpc) is 2.55. The predicted molar refractivity (Wildman–Crippen MR) is 85.9 cm³/mol. The molecule has 6 heteroatoms. The van der Waals surface area contributed by atoms with Gasteiger partial charge in [0, 0.05) is 41.0 Å². The van der Waals surface area contributed by atoms with Crippen LogP contribution in [0, 0.1) is 0 Å². The van der Waals surface area contributed by atoms with Gasteiger partial charge in [-0.3, -0.25) is 9.97 Å². The van der Waals surface area contributed by atoms with Crippen LogP contribution in [0.25, 0.3) is 22.3 Å². The Morgan fingerprint density at radius 3 is 1.86 bits per heavy atom. The van der Waals surface area contributed by atoms with Crippen molar-refractivity contribution >= 4 is 19.7 Å². The molecule has 0 aliphatic rings. The summed E-state index contributed by atoms with van der Waals surface area (Å²) in [5.74, 6) is 0. The molecule has 3 rings (SSSR count). The SMILES string of the molecule is O=S(=O)(Cl)c1cccc(-c2ccncc2)c1-c1ccncc1. The summed E-state index contributed by atoms with van der Waals surface area (Å²) in [5, 5.41) is 0. The van der Waals surface area contributed by atoms with Crippen molar-refractivity contribution < 1.29 is 8.42 Å². The fourth-order valence-electron chi connectivity index (χ4n) is 2.32. The molecule has 0 atom stereocenters. The molecule has 0 fully saturated rings. The van der Waals surface area contributed by atoms with E-state index in [1.807, 2.05) is 18.2 Å². The van der Waals surface area contributed by atoms with E-state index in [-0.39, 0.29) is 4.90 Å². The summed E-state index contributed by atoms with van der Waals surface area (Å²) in [4.78, 5) is 8.04. The van der Waals surface area contributed by atoms with Crippen LogP contribution in [0.1, 0.15) is 0 Å². The number of hydrogen-bond acceptors (Lipinski definition) is 4. The number of hydrogen-bond donors (Lipinski definition) is 0. The zero-order valence-corrected chi connectivity index (χ0v) is 12.9. The molecule has 0 bridgehead atoms. The minimum atomic E-state index is -3.88. The summed E-state index contributed by atoms with van der Waals surface area (Å²) in [7, 11) is 1.74. The summed E-state index contributed by atoms with van der Waals surface area (Å²) < 4.78 is 23.9. The third-order valence-corrected chi connectivity index (χ3v) is 4.61. The predicted octanol–water partition coefficient (Wildman–Crippen LogP) is 3.74. The van der Waals surface area contributed by atoms with Gasteiger partial charge in [0.25, 0.3) is 9.05 Å². The van der Waals surface area contributed by atoms with E-state index in [1.54, 1.807) is 43.0 Å². The van der Waals surface area contributed by atoms with Gasteiger partial charge in [0.05, 0.1) is 4.90 Å². The number of aromatic nitrogens is 2. The van der Waals surface area contributed by atoms with Gasteiger partial charge in [0.1, 0.15) is 0 Å². The monoisotopic (exact) mass is 330 g/mol. The van der Waals surface area contributed by atoms with Crippen molar-refractivity contribution in [3.63, 3.8) is 0 Å². The van der Waals surface area contributed by atoms with Gasteiger partial charge in [-0.05, 0) is 47.0 Å². The largest absolute Gasteiger partial charge is 0.265 e. The van der Waals surface area contributed by atoms with Crippen LogP contribution >= 0.6 is 10.7 Å². The quantitative estimate of drug-likeness (QED) is 0.686. The first-order valence-corrected chi connectivity index (χ1v) is 8.77. The van der Waals surface area contributed by atoms with Crippen molar-refractivity contribution in [1.82, 2.24) is 9.97 Å². The molecule has 0 aliphatic heterocycles. The molecule has 0 saturated heterocycles. The van der Waals surface area contributed by atoms with Crippen molar-refractivity contribution in [3.8, 4) is 22.3 Å². The zero-order chi connectivity index (χ0) is 15.6. The first-order valence-electron chi connectivity index (χ1n) is 6.46. The number of rotatable bonds is 3. The Labute approximate surface area is 132 Å². The Balaban J connectivity index is 2.37. The van der Waals surface area contributed by atoms with Gasteiger partial charge in [0.2, 0.25) is 0 Å². The maximum atomic E-state index is 11.9.